The van der Waals surface area contributed by atoms with Gasteiger partial charge in [0.2, 0.25) is 11.7 Å². The van der Waals surface area contributed by atoms with Gasteiger partial charge in [0.25, 0.3) is 5.91 Å². The summed E-state index contributed by atoms with van der Waals surface area (Å²) in [4.78, 5) is 38.9. The highest BCUT2D eigenvalue weighted by molar-refractivity contribution is 5.96. The van der Waals surface area contributed by atoms with Crippen molar-refractivity contribution in [2.24, 2.45) is 5.92 Å². The maximum absolute atomic E-state index is 14.9. The third-order valence-electron chi connectivity index (χ3n) is 8.51. The number of piperidine rings is 1. The molecule has 2 fully saturated rings. The molecule has 2 aromatic heterocycles. The largest absolute Gasteiger partial charge is 0.432 e. The van der Waals surface area contributed by atoms with Crippen LogP contribution >= 0.6 is 0 Å². The summed E-state index contributed by atoms with van der Waals surface area (Å²) in [6, 6.07) is 7.46. The van der Waals surface area contributed by atoms with E-state index in [9.17, 15) is 27.2 Å². The second-order valence-electron chi connectivity index (χ2n) is 11.2. The molecule has 0 aliphatic carbocycles. The fourth-order valence-corrected chi connectivity index (χ4v) is 6.08. The molecule has 14 heteroatoms. The lowest BCUT2D eigenvalue weighted by molar-refractivity contribution is -0.137. The van der Waals surface area contributed by atoms with E-state index in [1.54, 1.807) is 12.1 Å². The highest BCUT2D eigenvalue weighted by Gasteiger charge is 2.31. The van der Waals surface area contributed by atoms with Crippen molar-refractivity contribution in [1.29, 1.82) is 0 Å². The Balaban J connectivity index is 1.17. The summed E-state index contributed by atoms with van der Waals surface area (Å²) in [5, 5.41) is 6.46. The Morgan fingerprint density at radius 2 is 1.78 bits per heavy atom. The van der Waals surface area contributed by atoms with Crippen LogP contribution in [0.4, 0.5) is 29.1 Å². The van der Waals surface area contributed by atoms with Crippen LogP contribution in [0.1, 0.15) is 35.7 Å². The number of aromatic nitrogens is 3. The van der Waals surface area contributed by atoms with Gasteiger partial charge in [0.15, 0.2) is 23.0 Å². The number of rotatable bonds is 8. The van der Waals surface area contributed by atoms with E-state index in [0.29, 0.717) is 55.1 Å². The summed E-state index contributed by atoms with van der Waals surface area (Å²) in [7, 11) is 0. The number of nitrogens with zero attached hydrogens (tertiary/aromatic N) is 5. The van der Waals surface area contributed by atoms with Crippen LogP contribution in [0.2, 0.25) is 0 Å². The monoisotopic (exact) mass is 639 g/mol. The molecule has 46 heavy (non-hydrogen) atoms. The molecule has 4 aromatic rings. The van der Waals surface area contributed by atoms with Gasteiger partial charge in [0.1, 0.15) is 0 Å². The zero-order valence-corrected chi connectivity index (χ0v) is 25.1. The number of hydrogen-bond acceptors (Lipinski definition) is 7. The molecular weight excluding hydrogens is 606 g/mol. The van der Waals surface area contributed by atoms with E-state index in [-0.39, 0.29) is 29.0 Å². The van der Waals surface area contributed by atoms with Crippen LogP contribution in [0.3, 0.4) is 0 Å². The molecule has 2 aliphatic rings. The molecular formula is C32H33F4N7O3. The summed E-state index contributed by atoms with van der Waals surface area (Å²) in [6.45, 7) is 2.75. The Hall–Kier alpha value is -4.72. The third-order valence-corrected chi connectivity index (χ3v) is 8.51. The fourth-order valence-electron chi connectivity index (χ4n) is 6.08. The quantitative estimate of drug-likeness (QED) is 0.266. The molecule has 0 radical (unpaired) electrons. The molecule has 2 saturated heterocycles. The first-order chi connectivity index (χ1) is 22.2. The molecule has 10 nitrogen and oxygen atoms in total. The number of imidazole rings is 1. The molecule has 0 bridgehead atoms. The zero-order valence-electron chi connectivity index (χ0n) is 25.1. The van der Waals surface area contributed by atoms with Crippen molar-refractivity contribution in [2.75, 3.05) is 44.6 Å². The van der Waals surface area contributed by atoms with Gasteiger partial charge in [-0.2, -0.15) is 13.2 Å². The first kappa shape index (κ1) is 31.3. The number of likely N-dealkylation sites (tertiary alicyclic amines) is 1. The minimum atomic E-state index is -3.30. The van der Waals surface area contributed by atoms with E-state index < -0.39 is 24.0 Å². The van der Waals surface area contributed by atoms with Gasteiger partial charge < -0.3 is 25.2 Å². The predicted octanol–water partition coefficient (Wildman–Crippen LogP) is 4.87. The van der Waals surface area contributed by atoms with Crippen LogP contribution < -0.4 is 15.4 Å². The van der Waals surface area contributed by atoms with Gasteiger partial charge in [-0.05, 0) is 55.2 Å². The van der Waals surface area contributed by atoms with Crippen LogP contribution in [-0.2, 0) is 11.2 Å². The van der Waals surface area contributed by atoms with Crippen LogP contribution in [0.5, 0.6) is 5.75 Å². The molecule has 6 rings (SSSR count). The Kier molecular flexibility index (Phi) is 9.06. The normalized spacial score (nSPS) is 15.9. The average Bonchev–Trinajstić information content (AvgIpc) is 3.51. The molecule has 0 unspecified atom stereocenters. The van der Waals surface area contributed by atoms with Gasteiger partial charge >= 0.3 is 6.61 Å². The number of amides is 2. The van der Waals surface area contributed by atoms with Crippen LogP contribution in [0, 0.1) is 17.6 Å². The van der Waals surface area contributed by atoms with E-state index in [1.807, 2.05) is 22.8 Å². The Morgan fingerprint density at radius 1 is 1.02 bits per heavy atom. The third kappa shape index (κ3) is 6.21. The molecule has 242 valence electrons. The summed E-state index contributed by atoms with van der Waals surface area (Å²) < 4.78 is 60.0. The van der Waals surface area contributed by atoms with Gasteiger partial charge in [0.05, 0.1) is 11.9 Å². The second kappa shape index (κ2) is 13.3. The number of carbonyl (C=O) groups excluding carboxylic acids is 2. The first-order valence-corrected chi connectivity index (χ1v) is 15.2. The lowest BCUT2D eigenvalue weighted by Gasteiger charge is -2.36. The van der Waals surface area contributed by atoms with E-state index in [2.05, 4.69) is 25.3 Å². The summed E-state index contributed by atoms with van der Waals surface area (Å²) in [5.41, 5.74) is 2.34. The van der Waals surface area contributed by atoms with Crippen molar-refractivity contribution in [3.63, 3.8) is 0 Å². The standard InChI is InChI=1S/C32H33F4N7O3/c1-2-19-17-21(3-4-22(19)31(45)41-12-7-20(8-13-41)30(44)42-14-9-37-10-15-42)40-28-29-39-18-24(43(29)16-11-38-28)23-5-6-25(46-32(35)36)27(34)26(23)33/h3-6,11,16-18,20,32,37H,2,7-10,12-15H2,1H3,(H,38,40). The molecule has 0 atom stereocenters. The number of fused-ring (bicyclic) bond motifs is 1. The smallest absolute Gasteiger partial charge is 0.387 e. The summed E-state index contributed by atoms with van der Waals surface area (Å²) >= 11 is 0. The van der Waals surface area contributed by atoms with Gasteiger partial charge in [-0.1, -0.05) is 6.92 Å². The number of ether oxygens (including phenoxy) is 1. The van der Waals surface area contributed by atoms with Crippen molar-refractivity contribution in [3.8, 4) is 17.0 Å². The number of halogens is 4. The number of hydrogen-bond donors (Lipinski definition) is 2. The molecule has 0 spiro atoms. The molecule has 2 N–H and O–H groups in total. The van der Waals surface area contributed by atoms with Crippen molar-refractivity contribution in [2.45, 2.75) is 32.8 Å². The first-order valence-electron chi connectivity index (χ1n) is 15.2. The molecule has 4 heterocycles. The highest BCUT2D eigenvalue weighted by atomic mass is 19.3. The van der Waals surface area contributed by atoms with Crippen LogP contribution in [0.15, 0.2) is 48.9 Å². The van der Waals surface area contributed by atoms with Crippen LogP contribution in [-0.4, -0.2) is 81.9 Å². The topological polar surface area (TPSA) is 104 Å². The van der Waals surface area contributed by atoms with Crippen molar-refractivity contribution < 1.29 is 31.9 Å². The lowest BCUT2D eigenvalue weighted by Crippen LogP contribution is -2.50. The summed E-state index contributed by atoms with van der Waals surface area (Å²) in [6.07, 6.45) is 6.18. The lowest BCUT2D eigenvalue weighted by atomic mass is 9.94. The Labute approximate surface area is 262 Å². The second-order valence-corrected chi connectivity index (χ2v) is 11.2. The van der Waals surface area contributed by atoms with E-state index in [1.165, 1.54) is 23.0 Å². The minimum Gasteiger partial charge on any atom is -0.432 e. The Bertz CT molecular complexity index is 1750. The SMILES string of the molecule is CCc1cc(Nc2nccn3c(-c4ccc(OC(F)F)c(F)c4F)cnc23)ccc1C(=O)N1CCC(C(=O)N2CCNCC2)CC1. The van der Waals surface area contributed by atoms with E-state index in [4.69, 9.17) is 0 Å². The van der Waals surface area contributed by atoms with E-state index in [0.717, 1.165) is 43.9 Å². The van der Waals surface area contributed by atoms with Gasteiger partial charge in [-0.15, -0.1) is 0 Å². The average molecular weight is 640 g/mol. The predicted molar refractivity (Wildman–Crippen MR) is 162 cm³/mol. The molecule has 2 aliphatic heterocycles. The number of piperazine rings is 1. The highest BCUT2D eigenvalue weighted by Crippen LogP contribution is 2.33. The maximum atomic E-state index is 14.9. The van der Waals surface area contributed by atoms with Crippen molar-refractivity contribution >= 4 is 29.0 Å². The maximum Gasteiger partial charge on any atom is 0.387 e. The molecule has 2 amide bonds. The fraction of sp³-hybridized carbons (Fsp3) is 0.375. The number of carbonyl (C=O) groups is 2. The Morgan fingerprint density at radius 3 is 2.50 bits per heavy atom. The number of benzene rings is 2. The molecule has 0 saturated carbocycles. The van der Waals surface area contributed by atoms with Gasteiger partial charge in [-0.3, -0.25) is 14.0 Å². The number of aryl methyl sites for hydroxylation is 1. The van der Waals surface area contributed by atoms with Crippen LogP contribution in [0.25, 0.3) is 16.9 Å². The molecule has 2 aromatic carbocycles. The van der Waals surface area contributed by atoms with E-state index >= 15 is 0 Å². The number of anilines is 2. The van der Waals surface area contributed by atoms with Crippen molar-refractivity contribution in [1.82, 2.24) is 29.5 Å². The minimum absolute atomic E-state index is 0.0628. The zero-order chi connectivity index (χ0) is 32.4. The number of alkyl halides is 2. The van der Waals surface area contributed by atoms with Crippen molar-refractivity contribution in [3.05, 3.63) is 71.7 Å². The number of nitrogens with one attached hydrogen (secondary N) is 2. The summed E-state index contributed by atoms with van der Waals surface area (Å²) in [5.74, 6) is -3.41. The van der Waals surface area contributed by atoms with Gasteiger partial charge in [0, 0.05) is 74.4 Å². The van der Waals surface area contributed by atoms with Gasteiger partial charge in [-0.25, -0.2) is 14.4 Å².